The Morgan fingerprint density at radius 2 is 1.75 bits per heavy atom. The number of sulfone groups is 1. The monoisotopic (exact) mass is 798 g/mol. The average Bonchev–Trinajstić information content (AvgIpc) is 4.13. The van der Waals surface area contributed by atoms with Gasteiger partial charge < -0.3 is 24.6 Å². The third-order valence-corrected chi connectivity index (χ3v) is 14.3. The molecule has 3 heterocycles. The first-order valence-corrected chi connectivity index (χ1v) is 21.8. The molecule has 304 valence electrons. The first-order chi connectivity index (χ1) is 27.1. The number of pyridine rings is 1. The molecule has 0 bridgehead atoms. The lowest BCUT2D eigenvalue weighted by Gasteiger charge is -2.37. The number of likely N-dealkylation sites (tertiary alicyclic amines) is 2. The highest BCUT2D eigenvalue weighted by Gasteiger charge is 2.61. The summed E-state index contributed by atoms with van der Waals surface area (Å²) >= 11 is 0. The number of ether oxygens (including phenoxy) is 2. The molecule has 57 heavy (non-hydrogen) atoms. The molecule has 12 nitrogen and oxygen atoms in total. The lowest BCUT2D eigenvalue weighted by atomic mass is 9.85. The number of nitrogens with one attached hydrogen (secondary N) is 1. The number of carbonyl (C=O) groups is 4. The summed E-state index contributed by atoms with van der Waals surface area (Å²) in [6.45, 7) is 10.8. The molecule has 3 aromatic rings. The number of fused-ring (bicyclic) bond motifs is 1. The van der Waals surface area contributed by atoms with Crippen LogP contribution in [0, 0.1) is 16.7 Å². The Hall–Kier alpha value is -4.78. The van der Waals surface area contributed by atoms with Gasteiger partial charge in [0.1, 0.15) is 29.4 Å². The van der Waals surface area contributed by atoms with Crippen molar-refractivity contribution in [2.75, 3.05) is 32.5 Å². The summed E-state index contributed by atoms with van der Waals surface area (Å²) in [7, 11) is -2.03. The number of hydrogen-bond donors (Lipinski definition) is 1. The number of nitrogens with zero attached hydrogens (tertiary/aromatic N) is 3. The highest BCUT2D eigenvalue weighted by atomic mass is 32.2. The van der Waals surface area contributed by atoms with Gasteiger partial charge in [-0.15, -0.1) is 6.58 Å². The number of rotatable bonds is 14. The maximum absolute atomic E-state index is 14.8. The number of hydrogen-bond acceptors (Lipinski definition) is 9. The van der Waals surface area contributed by atoms with Crippen molar-refractivity contribution in [3.8, 4) is 22.8 Å². The molecule has 1 N–H and O–H groups in total. The van der Waals surface area contributed by atoms with Crippen LogP contribution in [0.15, 0.2) is 67.3 Å². The highest BCUT2D eigenvalue weighted by Crippen LogP contribution is 2.57. The smallest absolute Gasteiger partial charge is 0.318 e. The van der Waals surface area contributed by atoms with Crippen LogP contribution in [-0.2, 0) is 24.2 Å². The number of carbonyl (C=O) groups excluding carboxylic acids is 4. The highest BCUT2D eigenvalue weighted by molar-refractivity contribution is 7.93. The Kier molecular flexibility index (Phi) is 11.3. The van der Waals surface area contributed by atoms with Crippen molar-refractivity contribution in [2.24, 2.45) is 16.7 Å². The topological polar surface area (TPSA) is 152 Å². The molecule has 4 fully saturated rings. The van der Waals surface area contributed by atoms with E-state index in [4.69, 9.17) is 14.5 Å². The second-order valence-electron chi connectivity index (χ2n) is 17.3. The van der Waals surface area contributed by atoms with E-state index in [1.807, 2.05) is 75.4 Å². The summed E-state index contributed by atoms with van der Waals surface area (Å²) in [5.41, 5.74) is 0.275. The van der Waals surface area contributed by atoms with Crippen LogP contribution in [0.3, 0.4) is 0 Å². The maximum Gasteiger partial charge on any atom is 0.318 e. The van der Waals surface area contributed by atoms with Gasteiger partial charge in [0.25, 0.3) is 0 Å². The Bertz CT molecular complexity index is 2160. The van der Waals surface area contributed by atoms with E-state index in [0.717, 1.165) is 30.2 Å². The van der Waals surface area contributed by atoms with Crippen molar-refractivity contribution in [2.45, 2.75) is 95.6 Å². The second-order valence-corrected chi connectivity index (χ2v) is 19.6. The van der Waals surface area contributed by atoms with Crippen LogP contribution in [0.2, 0.25) is 0 Å². The van der Waals surface area contributed by atoms with Gasteiger partial charge in [0.2, 0.25) is 5.91 Å². The summed E-state index contributed by atoms with van der Waals surface area (Å²) in [6.07, 6.45) is 5.12. The molecule has 0 unspecified atom stereocenters. The van der Waals surface area contributed by atoms with Gasteiger partial charge in [0, 0.05) is 54.4 Å². The Morgan fingerprint density at radius 3 is 2.39 bits per heavy atom. The van der Waals surface area contributed by atoms with Crippen LogP contribution in [0.1, 0.15) is 72.1 Å². The first-order valence-electron chi connectivity index (χ1n) is 20.1. The van der Waals surface area contributed by atoms with Crippen LogP contribution < -0.4 is 14.8 Å². The molecule has 7 rings (SSSR count). The zero-order valence-electron chi connectivity index (χ0n) is 33.4. The number of piperidine rings is 1. The minimum atomic E-state index is -3.62. The molecule has 2 aliphatic heterocycles. The summed E-state index contributed by atoms with van der Waals surface area (Å²) in [4.78, 5) is 65.0. The van der Waals surface area contributed by atoms with E-state index >= 15 is 0 Å². The molecular formula is C44H54N4O8S. The van der Waals surface area contributed by atoms with Gasteiger partial charge in [-0.3, -0.25) is 14.4 Å². The number of allylic oxidation sites excluding steroid dienone is 1. The summed E-state index contributed by atoms with van der Waals surface area (Å²) in [5, 5.41) is 3.23. The van der Waals surface area contributed by atoms with Crippen LogP contribution in [0.25, 0.3) is 22.2 Å². The van der Waals surface area contributed by atoms with Crippen molar-refractivity contribution in [3.63, 3.8) is 0 Å². The molecular weight excluding hydrogens is 745 g/mol. The first kappa shape index (κ1) is 40.4. The molecule has 2 aromatic carbocycles. The van der Waals surface area contributed by atoms with Gasteiger partial charge in [-0.25, -0.2) is 18.2 Å². The zero-order chi connectivity index (χ0) is 40.7. The van der Waals surface area contributed by atoms with E-state index in [2.05, 4.69) is 11.9 Å². The number of benzene rings is 2. The van der Waals surface area contributed by atoms with Crippen molar-refractivity contribution < 1.29 is 37.1 Å². The molecule has 2 saturated heterocycles. The molecule has 1 aromatic heterocycles. The van der Waals surface area contributed by atoms with Crippen molar-refractivity contribution in [3.05, 3.63) is 67.3 Å². The van der Waals surface area contributed by atoms with Gasteiger partial charge in [-0.1, -0.05) is 57.2 Å². The number of Topliss-reactive ketones (excluding diaryl/α,β-unsaturated/α-hetero) is 2. The van der Waals surface area contributed by atoms with E-state index in [-0.39, 0.29) is 37.1 Å². The number of urea groups is 1. The molecule has 4 aliphatic rings. The second kappa shape index (κ2) is 15.9. The van der Waals surface area contributed by atoms with E-state index < -0.39 is 61.5 Å². The fourth-order valence-corrected chi connectivity index (χ4v) is 10.2. The quantitative estimate of drug-likeness (QED) is 0.189. The third kappa shape index (κ3) is 8.59. The molecule has 5 atom stereocenters. The SMILES string of the molecule is C=C[C@@H]1C[C@]1(CC(=O)[C@@H]1C[C@@H](Oc2cc(-c3ccccc3)nc3cc(OC)ccc23)CN1C(=O)[C@@H](NC(=O)N1CCCCC1)C(C)(C)C)C(=O)CS(=O)(=O)C1CC1. The summed E-state index contributed by atoms with van der Waals surface area (Å²) in [6, 6.07) is 14.8. The number of ketones is 2. The molecule has 2 saturated carbocycles. The van der Waals surface area contributed by atoms with Crippen molar-refractivity contribution in [1.29, 1.82) is 0 Å². The third-order valence-electron chi connectivity index (χ3n) is 12.1. The maximum atomic E-state index is 14.8. The predicted octanol–water partition coefficient (Wildman–Crippen LogP) is 6.17. The Morgan fingerprint density at radius 1 is 1.04 bits per heavy atom. The number of amides is 3. The van der Waals surface area contributed by atoms with E-state index in [1.54, 1.807) is 18.1 Å². The Labute approximate surface area is 335 Å². The lowest BCUT2D eigenvalue weighted by molar-refractivity contribution is -0.142. The van der Waals surface area contributed by atoms with Gasteiger partial charge in [0.05, 0.1) is 36.2 Å². The lowest BCUT2D eigenvalue weighted by Crippen LogP contribution is -2.59. The van der Waals surface area contributed by atoms with E-state index in [0.29, 0.717) is 55.1 Å². The Balaban J connectivity index is 1.21. The van der Waals surface area contributed by atoms with Crippen LogP contribution in [-0.4, -0.2) is 103 Å². The summed E-state index contributed by atoms with van der Waals surface area (Å²) in [5.74, 6) is -1.04. The molecule has 2 aliphatic carbocycles. The van der Waals surface area contributed by atoms with Crippen molar-refractivity contribution >= 4 is 44.2 Å². The minimum Gasteiger partial charge on any atom is -0.497 e. The van der Waals surface area contributed by atoms with E-state index in [1.165, 1.54) is 4.90 Å². The van der Waals surface area contributed by atoms with Gasteiger partial charge >= 0.3 is 6.03 Å². The standard InChI is InChI=1S/C44H54N4O8S/c1-6-29-24-44(29,39(50)27-57(53,54)32-16-17-32)25-37(49)36-22-31(26-48(36)41(51)40(43(2,3)4)46-42(52)47-19-11-8-12-20-47)56-38-23-34(28-13-9-7-10-14-28)45-35-21-30(55-5)15-18-33(35)38/h6-7,9-10,13-15,18,21,23,29,31-32,36,40H,1,8,11-12,16-17,19-20,22,24-27H2,2-5H3,(H,46,52)/t29-,31-,36+,40-,44-/m1/s1. The molecule has 13 heteroatoms. The fourth-order valence-electron chi connectivity index (χ4n) is 8.46. The van der Waals surface area contributed by atoms with E-state index in [9.17, 15) is 27.6 Å². The number of aromatic nitrogens is 1. The molecule has 0 radical (unpaired) electrons. The van der Waals surface area contributed by atoms with Gasteiger partial charge in [0.15, 0.2) is 21.4 Å². The summed E-state index contributed by atoms with van der Waals surface area (Å²) < 4.78 is 38.1. The minimum absolute atomic E-state index is 0.0456. The van der Waals surface area contributed by atoms with Crippen LogP contribution in [0.4, 0.5) is 4.79 Å². The van der Waals surface area contributed by atoms with Crippen LogP contribution in [0.5, 0.6) is 11.5 Å². The largest absolute Gasteiger partial charge is 0.497 e. The normalized spacial score (nSPS) is 24.1. The van der Waals surface area contributed by atoms with Crippen LogP contribution >= 0.6 is 0 Å². The zero-order valence-corrected chi connectivity index (χ0v) is 34.2. The van der Waals surface area contributed by atoms with Gasteiger partial charge in [-0.2, -0.15) is 0 Å². The van der Waals surface area contributed by atoms with Crippen molar-refractivity contribution in [1.82, 2.24) is 20.1 Å². The molecule has 3 amide bonds. The molecule has 0 spiro atoms. The predicted molar refractivity (Wildman–Crippen MR) is 218 cm³/mol. The number of methoxy groups -OCH3 is 1. The average molecular weight is 799 g/mol. The van der Waals surface area contributed by atoms with Gasteiger partial charge in [-0.05, 0) is 62.0 Å². The fraction of sp³-hybridized carbons (Fsp3) is 0.523.